The molecule has 0 aliphatic carbocycles. The molecular formula is C5H8O6S. The standard InChI is InChI=1S/C5H8O6S/c1-10-4(6)2-3-5(7)11-12(8)9/h2-3H2,1H3,(H,8,9). The normalized spacial score (nSPS) is 11.8. The van der Waals surface area contributed by atoms with Crippen molar-refractivity contribution in [3.05, 3.63) is 0 Å². The summed E-state index contributed by atoms with van der Waals surface area (Å²) >= 11 is -2.61. The minimum atomic E-state index is -2.61. The molecule has 0 rings (SSSR count). The van der Waals surface area contributed by atoms with Crippen LogP contribution in [0.3, 0.4) is 0 Å². The van der Waals surface area contributed by atoms with E-state index < -0.39 is 23.3 Å². The number of hydrogen-bond donors (Lipinski definition) is 1. The molecule has 6 nitrogen and oxygen atoms in total. The summed E-state index contributed by atoms with van der Waals surface area (Å²) in [6.07, 6.45) is -0.425. The summed E-state index contributed by atoms with van der Waals surface area (Å²) in [6, 6.07) is 0. The molecule has 0 heterocycles. The zero-order chi connectivity index (χ0) is 9.56. The van der Waals surface area contributed by atoms with Crippen LogP contribution < -0.4 is 0 Å². The first-order valence-electron chi connectivity index (χ1n) is 2.95. The van der Waals surface area contributed by atoms with Gasteiger partial charge in [0, 0.05) is 0 Å². The smallest absolute Gasteiger partial charge is 0.360 e. The van der Waals surface area contributed by atoms with Gasteiger partial charge in [0.15, 0.2) is 0 Å². The highest BCUT2D eigenvalue weighted by molar-refractivity contribution is 7.74. The van der Waals surface area contributed by atoms with E-state index >= 15 is 0 Å². The molecule has 0 fully saturated rings. The Morgan fingerprint density at radius 2 is 1.83 bits per heavy atom. The van der Waals surface area contributed by atoms with E-state index in [1.54, 1.807) is 0 Å². The molecule has 70 valence electrons. The van der Waals surface area contributed by atoms with Crippen LogP contribution in [0.2, 0.25) is 0 Å². The van der Waals surface area contributed by atoms with Gasteiger partial charge in [-0.15, -0.1) is 0 Å². The number of esters is 1. The molecule has 1 unspecified atom stereocenters. The SMILES string of the molecule is COC(=O)CCC(=O)OS(=O)O. The van der Waals surface area contributed by atoms with E-state index in [1.807, 2.05) is 0 Å². The van der Waals surface area contributed by atoms with E-state index in [-0.39, 0.29) is 12.8 Å². The molecule has 7 heteroatoms. The Hall–Kier alpha value is -0.950. The highest BCUT2D eigenvalue weighted by Gasteiger charge is 2.09. The van der Waals surface area contributed by atoms with Crippen LogP contribution in [-0.2, 0) is 29.9 Å². The lowest BCUT2D eigenvalue weighted by molar-refractivity contribution is -0.144. The molecule has 0 spiro atoms. The Morgan fingerprint density at radius 3 is 2.25 bits per heavy atom. The van der Waals surface area contributed by atoms with Crippen molar-refractivity contribution in [2.45, 2.75) is 12.8 Å². The summed E-state index contributed by atoms with van der Waals surface area (Å²) in [5.74, 6) is -1.49. The molecule has 0 aromatic rings. The van der Waals surface area contributed by atoms with Crippen LogP contribution in [-0.4, -0.2) is 27.8 Å². The fourth-order valence-corrected chi connectivity index (χ4v) is 0.670. The quantitative estimate of drug-likeness (QED) is 0.487. The predicted molar refractivity (Wildman–Crippen MR) is 38.1 cm³/mol. The van der Waals surface area contributed by atoms with E-state index in [0.29, 0.717) is 0 Å². The van der Waals surface area contributed by atoms with Crippen molar-refractivity contribution in [3.63, 3.8) is 0 Å². The maximum Gasteiger partial charge on any atom is 0.360 e. The number of carbonyl (C=O) groups excluding carboxylic acids is 2. The summed E-state index contributed by atoms with van der Waals surface area (Å²) in [5, 5.41) is 0. The van der Waals surface area contributed by atoms with Crippen LogP contribution in [0.1, 0.15) is 12.8 Å². The van der Waals surface area contributed by atoms with Gasteiger partial charge in [-0.3, -0.25) is 14.1 Å². The van der Waals surface area contributed by atoms with Crippen molar-refractivity contribution >= 4 is 23.3 Å². The Morgan fingerprint density at radius 1 is 1.33 bits per heavy atom. The van der Waals surface area contributed by atoms with Crippen molar-refractivity contribution < 1.29 is 27.3 Å². The van der Waals surface area contributed by atoms with Gasteiger partial charge in [0.1, 0.15) is 0 Å². The molecule has 0 saturated heterocycles. The highest BCUT2D eigenvalue weighted by Crippen LogP contribution is 1.95. The summed E-state index contributed by atoms with van der Waals surface area (Å²) in [5.41, 5.74) is 0. The van der Waals surface area contributed by atoms with Gasteiger partial charge in [-0.25, -0.2) is 0 Å². The number of carbonyl (C=O) groups is 2. The Labute approximate surface area is 71.3 Å². The number of methoxy groups -OCH3 is 1. The lowest BCUT2D eigenvalue weighted by Crippen LogP contribution is -2.09. The van der Waals surface area contributed by atoms with E-state index in [2.05, 4.69) is 8.92 Å². The first kappa shape index (κ1) is 11.1. The molecular weight excluding hydrogens is 188 g/mol. The molecule has 0 saturated carbocycles. The van der Waals surface area contributed by atoms with Gasteiger partial charge in [0.25, 0.3) is 0 Å². The average Bonchev–Trinajstić information content (AvgIpc) is 1.99. The monoisotopic (exact) mass is 196 g/mol. The maximum atomic E-state index is 10.5. The zero-order valence-corrected chi connectivity index (χ0v) is 7.13. The summed E-state index contributed by atoms with van der Waals surface area (Å²) < 4.78 is 26.0. The number of ether oxygens (including phenoxy) is 1. The first-order chi connectivity index (χ1) is 5.56. The third-order valence-electron chi connectivity index (χ3n) is 0.925. The number of hydrogen-bond acceptors (Lipinski definition) is 5. The van der Waals surface area contributed by atoms with Gasteiger partial charge in [0.2, 0.25) is 0 Å². The lowest BCUT2D eigenvalue weighted by atomic mass is 10.3. The molecule has 0 aliphatic heterocycles. The lowest BCUT2D eigenvalue weighted by Gasteiger charge is -1.97. The van der Waals surface area contributed by atoms with Gasteiger partial charge < -0.3 is 8.92 Å². The van der Waals surface area contributed by atoms with E-state index in [0.717, 1.165) is 0 Å². The molecule has 0 aromatic heterocycles. The van der Waals surface area contributed by atoms with Crippen molar-refractivity contribution in [3.8, 4) is 0 Å². The van der Waals surface area contributed by atoms with Crippen molar-refractivity contribution in [1.82, 2.24) is 0 Å². The van der Waals surface area contributed by atoms with E-state index in [9.17, 15) is 13.8 Å². The molecule has 1 N–H and O–H groups in total. The molecule has 0 amide bonds. The molecule has 0 bridgehead atoms. The van der Waals surface area contributed by atoms with Crippen LogP contribution >= 0.6 is 0 Å². The van der Waals surface area contributed by atoms with Gasteiger partial charge in [-0.2, -0.15) is 4.21 Å². The third kappa shape index (κ3) is 5.81. The van der Waals surface area contributed by atoms with Gasteiger partial charge in [-0.1, -0.05) is 0 Å². The molecule has 1 atom stereocenters. The van der Waals surface area contributed by atoms with Gasteiger partial charge in [-0.05, 0) is 0 Å². The Bertz CT molecular complexity index is 200. The van der Waals surface area contributed by atoms with Gasteiger partial charge >= 0.3 is 23.3 Å². The number of rotatable bonds is 4. The molecule has 12 heavy (non-hydrogen) atoms. The third-order valence-corrected chi connectivity index (χ3v) is 1.25. The highest BCUT2D eigenvalue weighted by atomic mass is 32.2. The second-order valence-electron chi connectivity index (χ2n) is 1.75. The van der Waals surface area contributed by atoms with E-state index in [1.165, 1.54) is 7.11 Å². The molecule has 0 aliphatic rings. The van der Waals surface area contributed by atoms with Crippen LogP contribution in [0, 0.1) is 0 Å². The fraction of sp³-hybridized carbons (Fsp3) is 0.600. The van der Waals surface area contributed by atoms with Crippen LogP contribution in [0.5, 0.6) is 0 Å². The van der Waals surface area contributed by atoms with Crippen molar-refractivity contribution in [2.75, 3.05) is 7.11 Å². The van der Waals surface area contributed by atoms with Gasteiger partial charge in [0.05, 0.1) is 20.0 Å². The second-order valence-corrected chi connectivity index (χ2v) is 2.35. The largest absolute Gasteiger partial charge is 0.469 e. The van der Waals surface area contributed by atoms with Crippen LogP contribution in [0.4, 0.5) is 0 Å². The maximum absolute atomic E-state index is 10.5. The molecule has 0 radical (unpaired) electrons. The Kier molecular flexibility index (Phi) is 5.22. The minimum absolute atomic E-state index is 0.160. The molecule has 0 aromatic carbocycles. The summed E-state index contributed by atoms with van der Waals surface area (Å²) in [4.78, 5) is 20.9. The predicted octanol–water partition coefficient (Wildman–Crippen LogP) is -0.380. The summed E-state index contributed by atoms with van der Waals surface area (Å²) in [6.45, 7) is 0. The zero-order valence-electron chi connectivity index (χ0n) is 6.31. The van der Waals surface area contributed by atoms with Crippen molar-refractivity contribution in [2.24, 2.45) is 0 Å². The topological polar surface area (TPSA) is 89.9 Å². The summed E-state index contributed by atoms with van der Waals surface area (Å²) in [7, 11) is 1.18. The first-order valence-corrected chi connectivity index (χ1v) is 3.98. The van der Waals surface area contributed by atoms with E-state index in [4.69, 9.17) is 4.55 Å². The second kappa shape index (κ2) is 5.67. The van der Waals surface area contributed by atoms with Crippen molar-refractivity contribution in [1.29, 1.82) is 0 Å². The van der Waals surface area contributed by atoms with Crippen LogP contribution in [0.15, 0.2) is 0 Å². The van der Waals surface area contributed by atoms with Crippen LogP contribution in [0.25, 0.3) is 0 Å². The Balaban J connectivity index is 3.57. The average molecular weight is 196 g/mol. The fourth-order valence-electron chi connectivity index (χ4n) is 0.427. The minimum Gasteiger partial charge on any atom is -0.469 e.